The summed E-state index contributed by atoms with van der Waals surface area (Å²) in [5.41, 5.74) is 0.926. The molecular formula is C16H14ClNO4. The third-order valence-corrected chi connectivity index (χ3v) is 3.04. The van der Waals surface area contributed by atoms with E-state index in [9.17, 15) is 9.59 Å². The molecule has 0 fully saturated rings. The zero-order chi connectivity index (χ0) is 15.9. The Hall–Kier alpha value is -2.53. The number of nitrogens with one attached hydrogen (secondary N) is 1. The lowest BCUT2D eigenvalue weighted by atomic mass is 10.2. The fourth-order valence-electron chi connectivity index (χ4n) is 1.67. The molecule has 0 atom stereocenters. The first-order valence-corrected chi connectivity index (χ1v) is 6.83. The van der Waals surface area contributed by atoms with Gasteiger partial charge in [-0.2, -0.15) is 0 Å². The molecule has 0 saturated heterocycles. The molecule has 0 bridgehead atoms. The summed E-state index contributed by atoms with van der Waals surface area (Å²) in [4.78, 5) is 23.5. The maximum absolute atomic E-state index is 11.7. The molecule has 5 nitrogen and oxygen atoms in total. The normalized spacial score (nSPS) is 9.91. The Kier molecular flexibility index (Phi) is 5.38. The number of amides is 1. The second-order valence-electron chi connectivity index (χ2n) is 4.36. The van der Waals surface area contributed by atoms with E-state index in [-0.39, 0.29) is 6.61 Å². The van der Waals surface area contributed by atoms with Crippen LogP contribution in [-0.4, -0.2) is 25.6 Å². The summed E-state index contributed by atoms with van der Waals surface area (Å²) in [7, 11) is 1.56. The molecule has 1 N–H and O–H groups in total. The van der Waals surface area contributed by atoms with E-state index >= 15 is 0 Å². The van der Waals surface area contributed by atoms with E-state index in [0.717, 1.165) is 0 Å². The summed E-state index contributed by atoms with van der Waals surface area (Å²) in [6.07, 6.45) is 0. The molecular weight excluding hydrogens is 306 g/mol. The van der Waals surface area contributed by atoms with Crippen LogP contribution in [0.1, 0.15) is 10.4 Å². The van der Waals surface area contributed by atoms with Crippen molar-refractivity contribution in [2.75, 3.05) is 19.0 Å². The van der Waals surface area contributed by atoms with Crippen molar-refractivity contribution in [2.45, 2.75) is 0 Å². The topological polar surface area (TPSA) is 64.6 Å². The van der Waals surface area contributed by atoms with Gasteiger partial charge < -0.3 is 14.8 Å². The van der Waals surface area contributed by atoms with Gasteiger partial charge in [0.15, 0.2) is 6.61 Å². The number of methoxy groups -OCH3 is 1. The second kappa shape index (κ2) is 7.47. The summed E-state index contributed by atoms with van der Waals surface area (Å²) in [6, 6.07) is 13.0. The molecule has 22 heavy (non-hydrogen) atoms. The molecule has 2 aromatic rings. The Bertz CT molecular complexity index is 653. The van der Waals surface area contributed by atoms with Crippen molar-refractivity contribution in [3.63, 3.8) is 0 Å². The number of hydrogen-bond acceptors (Lipinski definition) is 4. The largest absolute Gasteiger partial charge is 0.497 e. The van der Waals surface area contributed by atoms with Gasteiger partial charge in [0.1, 0.15) is 5.75 Å². The van der Waals surface area contributed by atoms with Gasteiger partial charge >= 0.3 is 5.97 Å². The van der Waals surface area contributed by atoms with Crippen LogP contribution in [0.4, 0.5) is 5.69 Å². The third-order valence-electron chi connectivity index (χ3n) is 2.79. The van der Waals surface area contributed by atoms with Crippen molar-refractivity contribution >= 4 is 29.2 Å². The van der Waals surface area contributed by atoms with E-state index < -0.39 is 11.9 Å². The average Bonchev–Trinajstić information content (AvgIpc) is 2.54. The van der Waals surface area contributed by atoms with Crippen LogP contribution in [-0.2, 0) is 9.53 Å². The second-order valence-corrected chi connectivity index (χ2v) is 4.80. The smallest absolute Gasteiger partial charge is 0.338 e. The highest BCUT2D eigenvalue weighted by atomic mass is 35.5. The molecule has 6 heteroatoms. The van der Waals surface area contributed by atoms with Gasteiger partial charge in [-0.1, -0.05) is 11.6 Å². The van der Waals surface area contributed by atoms with E-state index in [1.807, 2.05) is 0 Å². The summed E-state index contributed by atoms with van der Waals surface area (Å²) in [6.45, 7) is -0.368. The fraction of sp³-hybridized carbons (Fsp3) is 0.125. The molecule has 0 spiro atoms. The predicted octanol–water partition coefficient (Wildman–Crippen LogP) is 3.14. The highest BCUT2D eigenvalue weighted by Crippen LogP contribution is 2.15. The zero-order valence-corrected chi connectivity index (χ0v) is 12.6. The molecule has 0 saturated carbocycles. The number of anilines is 1. The van der Waals surface area contributed by atoms with E-state index in [4.69, 9.17) is 21.1 Å². The molecule has 2 aromatic carbocycles. The van der Waals surface area contributed by atoms with Gasteiger partial charge in [-0.25, -0.2) is 4.79 Å². The maximum atomic E-state index is 11.7. The van der Waals surface area contributed by atoms with Crippen molar-refractivity contribution in [3.05, 3.63) is 59.1 Å². The Morgan fingerprint density at radius 1 is 1.05 bits per heavy atom. The van der Waals surface area contributed by atoms with Gasteiger partial charge in [0.25, 0.3) is 5.91 Å². The minimum absolute atomic E-state index is 0.335. The highest BCUT2D eigenvalue weighted by molar-refractivity contribution is 6.30. The van der Waals surface area contributed by atoms with Crippen molar-refractivity contribution in [3.8, 4) is 5.75 Å². The summed E-state index contributed by atoms with van der Waals surface area (Å²) >= 11 is 5.73. The number of carbonyl (C=O) groups excluding carboxylic acids is 2. The van der Waals surface area contributed by atoms with E-state index in [1.54, 1.807) is 43.5 Å². The fourth-order valence-corrected chi connectivity index (χ4v) is 1.80. The van der Waals surface area contributed by atoms with Crippen LogP contribution < -0.4 is 10.1 Å². The number of carbonyl (C=O) groups is 2. The van der Waals surface area contributed by atoms with Crippen molar-refractivity contribution in [1.29, 1.82) is 0 Å². The summed E-state index contributed by atoms with van der Waals surface area (Å²) in [5.74, 6) is -0.318. The lowest BCUT2D eigenvalue weighted by Crippen LogP contribution is -2.20. The first kappa shape index (κ1) is 15.9. The number of esters is 1. The molecule has 0 aliphatic heterocycles. The Morgan fingerprint density at radius 2 is 1.68 bits per heavy atom. The lowest BCUT2D eigenvalue weighted by molar-refractivity contribution is -0.119. The minimum Gasteiger partial charge on any atom is -0.497 e. The quantitative estimate of drug-likeness (QED) is 0.860. The molecule has 2 rings (SSSR count). The van der Waals surface area contributed by atoms with Crippen LogP contribution in [0.15, 0.2) is 48.5 Å². The van der Waals surface area contributed by atoms with Crippen LogP contribution in [0.25, 0.3) is 0 Å². The summed E-state index contributed by atoms with van der Waals surface area (Å²) in [5, 5.41) is 3.14. The number of benzene rings is 2. The number of hydrogen-bond donors (Lipinski definition) is 1. The van der Waals surface area contributed by atoms with Gasteiger partial charge in [0.2, 0.25) is 0 Å². The maximum Gasteiger partial charge on any atom is 0.338 e. The Labute approximate surface area is 132 Å². The predicted molar refractivity (Wildman–Crippen MR) is 83.4 cm³/mol. The molecule has 0 radical (unpaired) electrons. The number of halogens is 1. The molecule has 0 aliphatic rings. The molecule has 0 aromatic heterocycles. The average molecular weight is 320 g/mol. The third kappa shape index (κ3) is 4.49. The minimum atomic E-state index is -0.582. The van der Waals surface area contributed by atoms with Crippen molar-refractivity contribution in [1.82, 2.24) is 0 Å². The zero-order valence-electron chi connectivity index (χ0n) is 11.8. The van der Waals surface area contributed by atoms with E-state index in [0.29, 0.717) is 22.0 Å². The monoisotopic (exact) mass is 319 g/mol. The molecule has 0 heterocycles. The van der Waals surface area contributed by atoms with Crippen LogP contribution in [0, 0.1) is 0 Å². The molecule has 114 valence electrons. The van der Waals surface area contributed by atoms with E-state index in [2.05, 4.69) is 5.32 Å². The van der Waals surface area contributed by atoms with Gasteiger partial charge in [-0.3, -0.25) is 4.79 Å². The highest BCUT2D eigenvalue weighted by Gasteiger charge is 2.10. The van der Waals surface area contributed by atoms with Crippen LogP contribution in [0.2, 0.25) is 5.02 Å². The standard InChI is InChI=1S/C16H14ClNO4/c1-21-14-8-6-13(7-9-14)18-15(19)10-22-16(20)11-2-4-12(17)5-3-11/h2-9H,10H2,1H3,(H,18,19). The lowest BCUT2D eigenvalue weighted by Gasteiger charge is -2.07. The van der Waals surface area contributed by atoms with Crippen molar-refractivity contribution in [2.24, 2.45) is 0 Å². The molecule has 0 unspecified atom stereocenters. The molecule has 1 amide bonds. The first-order chi connectivity index (χ1) is 10.6. The van der Waals surface area contributed by atoms with Crippen LogP contribution in [0.3, 0.4) is 0 Å². The van der Waals surface area contributed by atoms with Crippen LogP contribution in [0.5, 0.6) is 5.75 Å². The summed E-state index contributed by atoms with van der Waals surface area (Å²) < 4.78 is 9.95. The van der Waals surface area contributed by atoms with Gasteiger partial charge in [-0.15, -0.1) is 0 Å². The Balaban J connectivity index is 1.84. The van der Waals surface area contributed by atoms with Gasteiger partial charge in [0.05, 0.1) is 12.7 Å². The Morgan fingerprint density at radius 3 is 2.27 bits per heavy atom. The first-order valence-electron chi connectivity index (χ1n) is 6.45. The molecule has 0 aliphatic carbocycles. The number of rotatable bonds is 5. The van der Waals surface area contributed by atoms with Gasteiger partial charge in [0, 0.05) is 10.7 Å². The SMILES string of the molecule is COc1ccc(NC(=O)COC(=O)c2ccc(Cl)cc2)cc1. The van der Waals surface area contributed by atoms with E-state index in [1.165, 1.54) is 12.1 Å². The van der Waals surface area contributed by atoms with Crippen molar-refractivity contribution < 1.29 is 19.1 Å². The van der Waals surface area contributed by atoms with Crippen LogP contribution >= 0.6 is 11.6 Å². The number of ether oxygens (including phenoxy) is 2. The van der Waals surface area contributed by atoms with Gasteiger partial charge in [-0.05, 0) is 48.5 Å².